The second-order valence-electron chi connectivity index (χ2n) is 6.23. The molecule has 1 unspecified atom stereocenters. The van der Waals surface area contributed by atoms with Gasteiger partial charge in [-0.2, -0.15) is 8.78 Å². The monoisotopic (exact) mass is 439 g/mol. The molecule has 0 bridgehead atoms. The highest BCUT2D eigenvalue weighted by Crippen LogP contribution is 2.26. The van der Waals surface area contributed by atoms with Gasteiger partial charge in [0.15, 0.2) is 0 Å². The molecule has 1 atom stereocenters. The smallest absolute Gasteiger partial charge is 0.288 e. The Balaban J connectivity index is 1.89. The van der Waals surface area contributed by atoms with Crippen LogP contribution in [0.5, 0.6) is 0 Å². The van der Waals surface area contributed by atoms with Crippen LogP contribution in [0.3, 0.4) is 0 Å². The molecule has 9 heteroatoms. The molecule has 0 aliphatic heterocycles. The minimum atomic E-state index is -2.49. The number of carbonyl (C=O) groups excluding carboxylic acids is 2. The van der Waals surface area contributed by atoms with Crippen LogP contribution in [0.15, 0.2) is 58.3 Å². The number of halogens is 2. The maximum Gasteiger partial charge on any atom is 0.288 e. The van der Waals surface area contributed by atoms with E-state index in [1.54, 1.807) is 31.0 Å². The fourth-order valence-corrected chi connectivity index (χ4v) is 3.52. The summed E-state index contributed by atoms with van der Waals surface area (Å²) in [5, 5.41) is 5.59. The van der Waals surface area contributed by atoms with Crippen LogP contribution in [-0.2, 0) is 9.59 Å². The summed E-state index contributed by atoms with van der Waals surface area (Å²) in [5.74, 6) is -3.00. The zero-order valence-corrected chi connectivity index (χ0v) is 17.9. The molecule has 156 valence electrons. The number of alkyl halides is 2. The standard InChI is InChI=1S/C20H23F2N3O2S2/c1-13(19(27)23-14-8-10-15(11-9-14)29-20(21)22)25(2)12-18(26)24-16-6-4-5-7-17(16)28-3/h4-11,13,20H,12H2,1-3H3,(H,23,27)(H,24,26). The van der Waals surface area contributed by atoms with Gasteiger partial charge < -0.3 is 10.6 Å². The highest BCUT2D eigenvalue weighted by molar-refractivity contribution is 7.99. The zero-order valence-electron chi connectivity index (χ0n) is 16.3. The Kier molecular flexibility index (Phi) is 8.94. The largest absolute Gasteiger partial charge is 0.325 e. The van der Waals surface area contributed by atoms with E-state index in [4.69, 9.17) is 0 Å². The minimum absolute atomic E-state index is 0.0429. The van der Waals surface area contributed by atoms with Crippen molar-refractivity contribution in [2.45, 2.75) is 28.5 Å². The van der Waals surface area contributed by atoms with Gasteiger partial charge in [0, 0.05) is 15.5 Å². The lowest BCUT2D eigenvalue weighted by Gasteiger charge is -2.23. The van der Waals surface area contributed by atoms with E-state index in [0.29, 0.717) is 22.3 Å². The first-order valence-electron chi connectivity index (χ1n) is 8.79. The normalized spacial score (nSPS) is 12.1. The molecule has 0 spiro atoms. The van der Waals surface area contributed by atoms with Crippen molar-refractivity contribution in [3.63, 3.8) is 0 Å². The summed E-state index contributed by atoms with van der Waals surface area (Å²) < 4.78 is 24.7. The zero-order chi connectivity index (χ0) is 21.4. The maximum absolute atomic E-state index is 12.4. The fourth-order valence-electron chi connectivity index (χ4n) is 2.47. The molecule has 0 aliphatic rings. The third-order valence-corrected chi connectivity index (χ3v) is 5.68. The van der Waals surface area contributed by atoms with Crippen molar-refractivity contribution in [1.29, 1.82) is 0 Å². The molecule has 0 saturated carbocycles. The number of carbonyl (C=O) groups is 2. The van der Waals surface area contributed by atoms with Crippen molar-refractivity contribution < 1.29 is 18.4 Å². The molecule has 0 fully saturated rings. The highest BCUT2D eigenvalue weighted by Gasteiger charge is 2.20. The second kappa shape index (κ2) is 11.2. The third kappa shape index (κ3) is 7.34. The molecular weight excluding hydrogens is 416 g/mol. The summed E-state index contributed by atoms with van der Waals surface area (Å²) in [4.78, 5) is 27.8. The molecule has 5 nitrogen and oxygen atoms in total. The second-order valence-corrected chi connectivity index (χ2v) is 8.14. The fraction of sp³-hybridized carbons (Fsp3) is 0.300. The molecule has 2 amide bonds. The SMILES string of the molecule is CSc1ccccc1NC(=O)CN(C)C(C)C(=O)Nc1ccc(SC(F)F)cc1. The highest BCUT2D eigenvalue weighted by atomic mass is 32.2. The van der Waals surface area contributed by atoms with Crippen molar-refractivity contribution in [3.05, 3.63) is 48.5 Å². The first kappa shape index (κ1) is 23.2. The Morgan fingerprint density at radius 3 is 2.34 bits per heavy atom. The van der Waals surface area contributed by atoms with Crippen LogP contribution in [0.25, 0.3) is 0 Å². The Bertz CT molecular complexity index is 835. The molecule has 29 heavy (non-hydrogen) atoms. The van der Waals surface area contributed by atoms with Gasteiger partial charge in [-0.3, -0.25) is 14.5 Å². The van der Waals surface area contributed by atoms with Gasteiger partial charge in [-0.05, 0) is 56.6 Å². The number of hydrogen-bond donors (Lipinski definition) is 2. The number of rotatable bonds is 9. The number of anilines is 2. The Labute approximate surface area is 177 Å². The summed E-state index contributed by atoms with van der Waals surface area (Å²) in [5.41, 5.74) is 1.24. The minimum Gasteiger partial charge on any atom is -0.325 e. The third-order valence-electron chi connectivity index (χ3n) is 4.16. The molecule has 0 radical (unpaired) electrons. The molecule has 2 rings (SSSR count). The molecule has 0 heterocycles. The van der Waals surface area contributed by atoms with E-state index in [1.807, 2.05) is 30.5 Å². The van der Waals surface area contributed by atoms with Crippen LogP contribution in [-0.4, -0.2) is 48.4 Å². The van der Waals surface area contributed by atoms with Gasteiger partial charge in [0.05, 0.1) is 18.3 Å². The van der Waals surface area contributed by atoms with Crippen LogP contribution in [0, 0.1) is 0 Å². The van der Waals surface area contributed by atoms with Gasteiger partial charge in [0.2, 0.25) is 11.8 Å². The van der Waals surface area contributed by atoms with Gasteiger partial charge in [-0.25, -0.2) is 0 Å². The van der Waals surface area contributed by atoms with Crippen molar-refractivity contribution in [2.24, 2.45) is 0 Å². The average molecular weight is 440 g/mol. The summed E-state index contributed by atoms with van der Waals surface area (Å²) in [6, 6.07) is 13.1. The van der Waals surface area contributed by atoms with Crippen LogP contribution in [0.2, 0.25) is 0 Å². The van der Waals surface area contributed by atoms with E-state index in [0.717, 1.165) is 10.6 Å². The predicted octanol–water partition coefficient (Wildman–Crippen LogP) is 4.62. The van der Waals surface area contributed by atoms with Crippen molar-refractivity contribution in [1.82, 2.24) is 4.90 Å². The van der Waals surface area contributed by atoms with Crippen LogP contribution < -0.4 is 10.6 Å². The first-order chi connectivity index (χ1) is 13.8. The van der Waals surface area contributed by atoms with E-state index in [9.17, 15) is 18.4 Å². The number of nitrogens with one attached hydrogen (secondary N) is 2. The summed E-state index contributed by atoms with van der Waals surface area (Å²) >= 11 is 1.98. The van der Waals surface area contributed by atoms with E-state index < -0.39 is 11.8 Å². The molecule has 0 saturated heterocycles. The summed E-state index contributed by atoms with van der Waals surface area (Å²) in [7, 11) is 1.69. The number of para-hydroxylation sites is 1. The molecule has 2 N–H and O–H groups in total. The Morgan fingerprint density at radius 1 is 1.07 bits per heavy atom. The first-order valence-corrected chi connectivity index (χ1v) is 10.9. The number of likely N-dealkylation sites (N-methyl/N-ethyl adjacent to an activating group) is 1. The topological polar surface area (TPSA) is 61.4 Å². The van der Waals surface area contributed by atoms with E-state index >= 15 is 0 Å². The van der Waals surface area contributed by atoms with Gasteiger partial charge in [0.1, 0.15) is 0 Å². The lowest BCUT2D eigenvalue weighted by Crippen LogP contribution is -2.43. The Hall–Kier alpha value is -2.10. The van der Waals surface area contributed by atoms with Gasteiger partial charge >= 0.3 is 0 Å². The van der Waals surface area contributed by atoms with Crippen molar-refractivity contribution in [2.75, 3.05) is 30.5 Å². The van der Waals surface area contributed by atoms with Crippen LogP contribution >= 0.6 is 23.5 Å². The lowest BCUT2D eigenvalue weighted by molar-refractivity contribution is -0.122. The van der Waals surface area contributed by atoms with Gasteiger partial charge in [0.25, 0.3) is 5.76 Å². The number of amides is 2. The Morgan fingerprint density at radius 2 is 1.72 bits per heavy atom. The summed E-state index contributed by atoms with van der Waals surface area (Å²) in [6.45, 7) is 1.74. The number of thioether (sulfide) groups is 2. The van der Waals surface area contributed by atoms with Crippen LogP contribution in [0.4, 0.5) is 20.2 Å². The molecule has 2 aromatic rings. The quantitative estimate of drug-likeness (QED) is 0.559. The predicted molar refractivity (Wildman–Crippen MR) is 116 cm³/mol. The number of nitrogens with zero attached hydrogens (tertiary/aromatic N) is 1. The van der Waals surface area contributed by atoms with Crippen LogP contribution in [0.1, 0.15) is 6.92 Å². The number of benzene rings is 2. The molecule has 0 aliphatic carbocycles. The van der Waals surface area contributed by atoms with Gasteiger partial charge in [-0.1, -0.05) is 23.9 Å². The number of hydrogen-bond acceptors (Lipinski definition) is 5. The average Bonchev–Trinajstić information content (AvgIpc) is 2.68. The molecule has 2 aromatic carbocycles. The van der Waals surface area contributed by atoms with Crippen molar-refractivity contribution in [3.8, 4) is 0 Å². The van der Waals surface area contributed by atoms with E-state index in [2.05, 4.69) is 10.6 Å². The lowest BCUT2D eigenvalue weighted by atomic mass is 10.2. The van der Waals surface area contributed by atoms with E-state index in [1.165, 1.54) is 23.9 Å². The van der Waals surface area contributed by atoms with Crippen molar-refractivity contribution >= 4 is 46.7 Å². The maximum atomic E-state index is 12.4. The van der Waals surface area contributed by atoms with Gasteiger partial charge in [-0.15, -0.1) is 11.8 Å². The van der Waals surface area contributed by atoms with E-state index in [-0.39, 0.29) is 18.4 Å². The molecular formula is C20H23F2N3O2S2. The molecule has 0 aromatic heterocycles. The summed E-state index contributed by atoms with van der Waals surface area (Å²) in [6.07, 6.45) is 1.93.